The van der Waals surface area contributed by atoms with Crippen LogP contribution in [0.2, 0.25) is 0 Å². The van der Waals surface area contributed by atoms with Crippen molar-refractivity contribution < 1.29 is 0 Å². The van der Waals surface area contributed by atoms with Crippen molar-refractivity contribution in [1.82, 2.24) is 4.90 Å². The van der Waals surface area contributed by atoms with Gasteiger partial charge in [0, 0.05) is 18.3 Å². The molecule has 0 aliphatic carbocycles. The zero-order chi connectivity index (χ0) is 13.8. The second-order valence-corrected chi connectivity index (χ2v) is 5.28. The Morgan fingerprint density at radius 1 is 1.05 bits per heavy atom. The first-order valence-electron chi connectivity index (χ1n) is 7.13. The number of hydrogen-bond donors (Lipinski definition) is 1. The lowest BCUT2D eigenvalue weighted by atomic mass is 10.0. The van der Waals surface area contributed by atoms with E-state index in [1.807, 2.05) is 0 Å². The summed E-state index contributed by atoms with van der Waals surface area (Å²) in [6.07, 6.45) is 2.36. The highest BCUT2D eigenvalue weighted by Crippen LogP contribution is 2.23. The van der Waals surface area contributed by atoms with Crippen LogP contribution in [0.5, 0.6) is 0 Å². The van der Waals surface area contributed by atoms with E-state index in [4.69, 9.17) is 5.73 Å². The first-order chi connectivity index (χ1) is 9.15. The van der Waals surface area contributed by atoms with Crippen molar-refractivity contribution in [2.24, 2.45) is 0 Å². The number of nitrogens with two attached hydrogens (primary N) is 1. The molecule has 0 amide bonds. The lowest BCUT2D eigenvalue weighted by molar-refractivity contribution is 0.222. The van der Waals surface area contributed by atoms with Gasteiger partial charge in [-0.25, -0.2) is 0 Å². The van der Waals surface area contributed by atoms with Gasteiger partial charge in [0.1, 0.15) is 0 Å². The summed E-state index contributed by atoms with van der Waals surface area (Å²) in [5, 5.41) is 2.48. The Balaban J connectivity index is 2.27. The van der Waals surface area contributed by atoms with Crippen molar-refractivity contribution >= 4 is 16.5 Å². The predicted octanol–water partition coefficient (Wildman–Crippen LogP) is 4.04. The van der Waals surface area contributed by atoms with Gasteiger partial charge in [-0.2, -0.15) is 0 Å². The average molecular weight is 256 g/mol. The Morgan fingerprint density at radius 3 is 2.21 bits per heavy atom. The standard InChI is InChI=1S/C17H24N2/c1-4-16(5-2)19(3)12-15-10-13-8-6-7-9-14(13)11-17(15)18/h6-11,16H,4-5,12,18H2,1-3H3. The van der Waals surface area contributed by atoms with E-state index in [2.05, 4.69) is 62.2 Å². The van der Waals surface area contributed by atoms with E-state index >= 15 is 0 Å². The third kappa shape index (κ3) is 3.07. The predicted molar refractivity (Wildman–Crippen MR) is 84.2 cm³/mol. The molecule has 0 saturated heterocycles. The van der Waals surface area contributed by atoms with E-state index in [1.54, 1.807) is 0 Å². The van der Waals surface area contributed by atoms with Crippen LogP contribution in [-0.4, -0.2) is 18.0 Å². The molecule has 2 aromatic carbocycles. The maximum Gasteiger partial charge on any atom is 0.0366 e. The van der Waals surface area contributed by atoms with E-state index in [0.717, 1.165) is 12.2 Å². The molecule has 0 aromatic heterocycles. The van der Waals surface area contributed by atoms with E-state index in [-0.39, 0.29) is 0 Å². The van der Waals surface area contributed by atoms with Crippen LogP contribution in [0, 0.1) is 0 Å². The minimum atomic E-state index is 0.630. The molecule has 2 rings (SSSR count). The van der Waals surface area contributed by atoms with Crippen molar-refractivity contribution in [3.63, 3.8) is 0 Å². The minimum absolute atomic E-state index is 0.630. The summed E-state index contributed by atoms with van der Waals surface area (Å²) in [6, 6.07) is 13.3. The Kier molecular flexibility index (Phi) is 4.43. The molecule has 0 radical (unpaired) electrons. The summed E-state index contributed by atoms with van der Waals surface area (Å²) in [7, 11) is 2.19. The van der Waals surface area contributed by atoms with E-state index in [0.29, 0.717) is 6.04 Å². The summed E-state index contributed by atoms with van der Waals surface area (Å²) in [5.74, 6) is 0. The van der Waals surface area contributed by atoms with Gasteiger partial charge in [0.15, 0.2) is 0 Å². The Labute approximate surface area is 116 Å². The Hall–Kier alpha value is -1.54. The Morgan fingerprint density at radius 2 is 1.63 bits per heavy atom. The number of rotatable bonds is 5. The topological polar surface area (TPSA) is 29.3 Å². The van der Waals surface area contributed by atoms with Crippen molar-refractivity contribution in [3.05, 3.63) is 42.0 Å². The van der Waals surface area contributed by atoms with Gasteiger partial charge < -0.3 is 5.73 Å². The normalized spacial score (nSPS) is 11.6. The third-order valence-electron chi connectivity index (χ3n) is 3.99. The van der Waals surface area contributed by atoms with Crippen LogP contribution in [0.4, 0.5) is 5.69 Å². The molecule has 0 atom stereocenters. The SMILES string of the molecule is CCC(CC)N(C)Cc1cc2ccccc2cc1N. The molecule has 0 unspecified atom stereocenters. The van der Waals surface area contributed by atoms with Crippen LogP contribution in [0.3, 0.4) is 0 Å². The minimum Gasteiger partial charge on any atom is -0.398 e. The van der Waals surface area contributed by atoms with Crippen LogP contribution < -0.4 is 5.73 Å². The van der Waals surface area contributed by atoms with Gasteiger partial charge in [-0.3, -0.25) is 4.90 Å². The third-order valence-corrected chi connectivity index (χ3v) is 3.99. The van der Waals surface area contributed by atoms with Crippen LogP contribution >= 0.6 is 0 Å². The molecule has 0 saturated carbocycles. The van der Waals surface area contributed by atoms with Gasteiger partial charge in [-0.05, 0) is 48.4 Å². The molecule has 0 aliphatic rings. The highest BCUT2D eigenvalue weighted by molar-refractivity contribution is 5.86. The van der Waals surface area contributed by atoms with Crippen molar-refractivity contribution in [3.8, 4) is 0 Å². The molecular formula is C17H24N2. The maximum atomic E-state index is 6.19. The van der Waals surface area contributed by atoms with Gasteiger partial charge in [0.05, 0.1) is 0 Å². The number of nitrogens with zero attached hydrogens (tertiary/aromatic N) is 1. The zero-order valence-electron chi connectivity index (χ0n) is 12.2. The van der Waals surface area contributed by atoms with Crippen LogP contribution in [0.25, 0.3) is 10.8 Å². The van der Waals surface area contributed by atoms with E-state index in [9.17, 15) is 0 Å². The lowest BCUT2D eigenvalue weighted by Crippen LogP contribution is -2.30. The largest absolute Gasteiger partial charge is 0.398 e. The van der Waals surface area contributed by atoms with Gasteiger partial charge in [0.2, 0.25) is 0 Å². The maximum absolute atomic E-state index is 6.19. The van der Waals surface area contributed by atoms with E-state index < -0.39 is 0 Å². The number of hydrogen-bond acceptors (Lipinski definition) is 2. The number of benzene rings is 2. The van der Waals surface area contributed by atoms with Crippen LogP contribution in [0.15, 0.2) is 36.4 Å². The second-order valence-electron chi connectivity index (χ2n) is 5.28. The first kappa shape index (κ1) is 13.9. The molecule has 102 valence electrons. The molecule has 0 fully saturated rings. The van der Waals surface area contributed by atoms with Gasteiger partial charge in [0.25, 0.3) is 0 Å². The fourth-order valence-corrected chi connectivity index (χ4v) is 2.75. The van der Waals surface area contributed by atoms with Crippen molar-refractivity contribution in [1.29, 1.82) is 0 Å². The fraction of sp³-hybridized carbons (Fsp3) is 0.412. The summed E-state index contributed by atoms with van der Waals surface area (Å²) < 4.78 is 0. The fourth-order valence-electron chi connectivity index (χ4n) is 2.75. The highest BCUT2D eigenvalue weighted by Gasteiger charge is 2.12. The monoisotopic (exact) mass is 256 g/mol. The zero-order valence-corrected chi connectivity index (χ0v) is 12.2. The average Bonchev–Trinajstić information content (AvgIpc) is 2.41. The van der Waals surface area contributed by atoms with Gasteiger partial charge in [-0.1, -0.05) is 38.1 Å². The lowest BCUT2D eigenvalue weighted by Gasteiger charge is -2.26. The van der Waals surface area contributed by atoms with Gasteiger partial charge >= 0.3 is 0 Å². The summed E-state index contributed by atoms with van der Waals surface area (Å²) >= 11 is 0. The molecule has 2 heteroatoms. The summed E-state index contributed by atoms with van der Waals surface area (Å²) in [6.45, 7) is 5.41. The molecule has 0 aliphatic heterocycles. The van der Waals surface area contributed by atoms with Crippen LogP contribution in [0.1, 0.15) is 32.3 Å². The van der Waals surface area contributed by atoms with Crippen molar-refractivity contribution in [2.75, 3.05) is 12.8 Å². The molecule has 0 bridgehead atoms. The van der Waals surface area contributed by atoms with Crippen LogP contribution in [-0.2, 0) is 6.54 Å². The number of anilines is 1. The molecule has 2 aromatic rings. The quantitative estimate of drug-likeness (QED) is 0.818. The second kappa shape index (κ2) is 6.07. The number of nitrogen functional groups attached to an aromatic ring is 1. The molecule has 2 nitrogen and oxygen atoms in total. The highest BCUT2D eigenvalue weighted by atomic mass is 15.1. The Bertz CT molecular complexity index is 544. The molecule has 0 spiro atoms. The number of fused-ring (bicyclic) bond motifs is 1. The van der Waals surface area contributed by atoms with Gasteiger partial charge in [-0.15, -0.1) is 0 Å². The molecule has 19 heavy (non-hydrogen) atoms. The molecule has 2 N–H and O–H groups in total. The summed E-state index contributed by atoms with van der Waals surface area (Å²) in [5.41, 5.74) is 8.32. The molecular weight excluding hydrogens is 232 g/mol. The van der Waals surface area contributed by atoms with Crippen molar-refractivity contribution in [2.45, 2.75) is 39.3 Å². The smallest absolute Gasteiger partial charge is 0.0366 e. The molecule has 0 heterocycles. The summed E-state index contributed by atoms with van der Waals surface area (Å²) in [4.78, 5) is 2.40. The van der Waals surface area contributed by atoms with E-state index in [1.165, 1.54) is 29.2 Å². The first-order valence-corrected chi connectivity index (χ1v) is 7.13.